The number of carbonyl (C=O) groups excluding carboxylic acids is 2. The van der Waals surface area contributed by atoms with E-state index in [9.17, 15) is 9.59 Å². The Balaban J connectivity index is 1.86. The molecule has 1 N–H and O–H groups in total. The molecule has 0 aliphatic heterocycles. The highest BCUT2D eigenvalue weighted by Crippen LogP contribution is 2.15. The Morgan fingerprint density at radius 1 is 1.11 bits per heavy atom. The van der Waals surface area contributed by atoms with Crippen LogP contribution in [0.25, 0.3) is 0 Å². The number of benzene rings is 1. The number of Topliss-reactive ketones (excluding diaryl/α,β-unsaturated/α-hetero) is 1. The number of ketones is 1. The van der Waals surface area contributed by atoms with Gasteiger partial charge in [-0.25, -0.2) is 0 Å². The van der Waals surface area contributed by atoms with E-state index >= 15 is 0 Å². The van der Waals surface area contributed by atoms with Crippen LogP contribution in [0.5, 0.6) is 0 Å². The Labute approximate surface area is 116 Å². The number of carbonyl (C=O) groups is 2. The minimum atomic E-state index is -0.126. The zero-order valence-electron chi connectivity index (χ0n) is 10.7. The van der Waals surface area contributed by atoms with Crippen molar-refractivity contribution < 1.29 is 9.59 Å². The molecule has 1 aromatic carbocycles. The van der Waals surface area contributed by atoms with E-state index in [-0.39, 0.29) is 24.5 Å². The number of amides is 1. The highest BCUT2D eigenvalue weighted by molar-refractivity contribution is 7.12. The van der Waals surface area contributed by atoms with Gasteiger partial charge in [0.05, 0.1) is 4.88 Å². The van der Waals surface area contributed by atoms with Gasteiger partial charge >= 0.3 is 0 Å². The summed E-state index contributed by atoms with van der Waals surface area (Å²) in [6.45, 7) is 1.94. The van der Waals surface area contributed by atoms with Crippen molar-refractivity contribution in [3.8, 4) is 0 Å². The lowest BCUT2D eigenvalue weighted by Gasteiger charge is -2.07. The maximum atomic E-state index is 11.8. The van der Waals surface area contributed by atoms with Gasteiger partial charge in [-0.2, -0.15) is 0 Å². The molecular weight excluding hydrogens is 258 g/mol. The first-order valence-corrected chi connectivity index (χ1v) is 6.97. The summed E-state index contributed by atoms with van der Waals surface area (Å²) >= 11 is 1.41. The maximum Gasteiger partial charge on any atom is 0.224 e. The van der Waals surface area contributed by atoms with E-state index < -0.39 is 0 Å². The first-order valence-electron chi connectivity index (χ1n) is 6.09. The second-order valence-electron chi connectivity index (χ2n) is 4.26. The van der Waals surface area contributed by atoms with Crippen molar-refractivity contribution in [3.63, 3.8) is 0 Å². The molecule has 98 valence electrons. The predicted octanol–water partition coefficient (Wildman–Crippen LogP) is 3.66. The highest BCUT2D eigenvalue weighted by Gasteiger charge is 2.10. The lowest BCUT2D eigenvalue weighted by atomic mass is 10.1. The minimum Gasteiger partial charge on any atom is -0.326 e. The van der Waals surface area contributed by atoms with Crippen LogP contribution in [0.4, 0.5) is 5.69 Å². The van der Waals surface area contributed by atoms with Crippen LogP contribution in [0.15, 0.2) is 41.8 Å². The van der Waals surface area contributed by atoms with Crippen LogP contribution in [0.2, 0.25) is 0 Å². The van der Waals surface area contributed by atoms with Gasteiger partial charge in [0.1, 0.15) is 0 Å². The van der Waals surface area contributed by atoms with E-state index in [2.05, 4.69) is 5.32 Å². The topological polar surface area (TPSA) is 46.2 Å². The molecule has 0 aliphatic carbocycles. The summed E-state index contributed by atoms with van der Waals surface area (Å²) in [4.78, 5) is 24.3. The molecule has 0 saturated heterocycles. The van der Waals surface area contributed by atoms with Crippen molar-refractivity contribution in [3.05, 3.63) is 52.2 Å². The van der Waals surface area contributed by atoms with Gasteiger partial charge in [0.25, 0.3) is 0 Å². The third-order valence-corrected chi connectivity index (χ3v) is 3.71. The number of para-hydroxylation sites is 1. The van der Waals surface area contributed by atoms with E-state index in [1.165, 1.54) is 11.3 Å². The van der Waals surface area contributed by atoms with Gasteiger partial charge in [-0.3, -0.25) is 9.59 Å². The predicted molar refractivity (Wildman–Crippen MR) is 77.7 cm³/mol. The van der Waals surface area contributed by atoms with E-state index in [0.717, 1.165) is 11.3 Å². The number of anilines is 1. The number of thiophene rings is 1. The number of hydrogen-bond donors (Lipinski definition) is 1. The maximum absolute atomic E-state index is 11.8. The molecule has 0 bridgehead atoms. The van der Waals surface area contributed by atoms with Crippen molar-refractivity contribution in [1.29, 1.82) is 0 Å². The average molecular weight is 273 g/mol. The van der Waals surface area contributed by atoms with Crippen molar-refractivity contribution in [1.82, 2.24) is 0 Å². The molecule has 4 heteroatoms. The lowest BCUT2D eigenvalue weighted by Crippen LogP contribution is -2.13. The third kappa shape index (κ3) is 3.76. The summed E-state index contributed by atoms with van der Waals surface area (Å²) in [5.74, 6) is -0.103. The molecule has 2 aromatic rings. The Kier molecular flexibility index (Phi) is 4.47. The average Bonchev–Trinajstić information content (AvgIpc) is 2.93. The Hall–Kier alpha value is -1.94. The van der Waals surface area contributed by atoms with Crippen LogP contribution in [0.1, 0.15) is 28.1 Å². The van der Waals surface area contributed by atoms with Crippen molar-refractivity contribution in [2.45, 2.75) is 19.8 Å². The lowest BCUT2D eigenvalue weighted by molar-refractivity contribution is -0.116. The van der Waals surface area contributed by atoms with Crippen LogP contribution in [0.3, 0.4) is 0 Å². The van der Waals surface area contributed by atoms with Crippen molar-refractivity contribution >= 4 is 28.7 Å². The molecule has 0 aliphatic rings. The van der Waals surface area contributed by atoms with Gasteiger partial charge in [0.2, 0.25) is 5.91 Å². The van der Waals surface area contributed by atoms with Crippen LogP contribution in [-0.4, -0.2) is 11.7 Å². The Morgan fingerprint density at radius 3 is 2.58 bits per heavy atom. The SMILES string of the molecule is Cc1ccccc1NC(=O)CCC(=O)c1cccs1. The van der Waals surface area contributed by atoms with Gasteiger partial charge in [0, 0.05) is 18.5 Å². The number of nitrogens with one attached hydrogen (secondary N) is 1. The fourth-order valence-electron chi connectivity index (χ4n) is 1.71. The summed E-state index contributed by atoms with van der Waals surface area (Å²) in [6.07, 6.45) is 0.462. The summed E-state index contributed by atoms with van der Waals surface area (Å²) in [5.41, 5.74) is 1.82. The molecule has 0 unspecified atom stereocenters. The molecule has 3 nitrogen and oxygen atoms in total. The van der Waals surface area contributed by atoms with Crippen molar-refractivity contribution in [2.75, 3.05) is 5.32 Å². The normalized spacial score (nSPS) is 10.2. The third-order valence-electron chi connectivity index (χ3n) is 2.79. The monoisotopic (exact) mass is 273 g/mol. The molecule has 0 radical (unpaired) electrons. The van der Waals surface area contributed by atoms with Crippen LogP contribution in [0, 0.1) is 6.92 Å². The summed E-state index contributed by atoms with van der Waals surface area (Å²) in [6, 6.07) is 11.2. The van der Waals surface area contributed by atoms with E-state index in [0.29, 0.717) is 4.88 Å². The molecule has 1 amide bonds. The van der Waals surface area contributed by atoms with E-state index in [4.69, 9.17) is 0 Å². The second-order valence-corrected chi connectivity index (χ2v) is 5.21. The Morgan fingerprint density at radius 2 is 1.89 bits per heavy atom. The molecule has 0 spiro atoms. The molecule has 0 saturated carbocycles. The zero-order chi connectivity index (χ0) is 13.7. The summed E-state index contributed by atoms with van der Waals surface area (Å²) < 4.78 is 0. The fraction of sp³-hybridized carbons (Fsp3) is 0.200. The quantitative estimate of drug-likeness (QED) is 0.845. The van der Waals surface area contributed by atoms with E-state index in [1.54, 1.807) is 6.07 Å². The molecule has 19 heavy (non-hydrogen) atoms. The smallest absolute Gasteiger partial charge is 0.224 e. The highest BCUT2D eigenvalue weighted by atomic mass is 32.1. The fourth-order valence-corrected chi connectivity index (χ4v) is 2.41. The molecule has 0 fully saturated rings. The van der Waals surface area contributed by atoms with Gasteiger partial charge in [-0.15, -0.1) is 11.3 Å². The number of aryl methyl sites for hydroxylation is 1. The summed E-state index contributed by atoms with van der Waals surface area (Å²) in [5, 5.41) is 4.68. The van der Waals surface area contributed by atoms with Crippen LogP contribution in [-0.2, 0) is 4.79 Å². The first kappa shape index (κ1) is 13.5. The molecule has 1 heterocycles. The van der Waals surface area contributed by atoms with Gasteiger partial charge in [-0.1, -0.05) is 24.3 Å². The van der Waals surface area contributed by atoms with Crippen LogP contribution >= 0.6 is 11.3 Å². The Bertz CT molecular complexity index is 576. The zero-order valence-corrected chi connectivity index (χ0v) is 11.5. The molecular formula is C15H15NO2S. The molecule has 1 aromatic heterocycles. The van der Waals surface area contributed by atoms with Gasteiger partial charge in [0.15, 0.2) is 5.78 Å². The van der Waals surface area contributed by atoms with Crippen molar-refractivity contribution in [2.24, 2.45) is 0 Å². The largest absolute Gasteiger partial charge is 0.326 e. The summed E-state index contributed by atoms with van der Waals surface area (Å²) in [7, 11) is 0. The first-order chi connectivity index (χ1) is 9.16. The number of hydrogen-bond acceptors (Lipinski definition) is 3. The van der Waals surface area contributed by atoms with Gasteiger partial charge in [-0.05, 0) is 30.0 Å². The second kappa shape index (κ2) is 6.29. The number of rotatable bonds is 5. The van der Waals surface area contributed by atoms with E-state index in [1.807, 2.05) is 42.6 Å². The molecule has 2 rings (SSSR count). The minimum absolute atomic E-state index is 0.0231. The van der Waals surface area contributed by atoms with Gasteiger partial charge < -0.3 is 5.32 Å². The van der Waals surface area contributed by atoms with Crippen LogP contribution < -0.4 is 5.32 Å². The molecule has 0 atom stereocenters. The standard InChI is InChI=1S/C15H15NO2S/c1-11-5-2-3-6-12(11)16-15(18)9-8-13(17)14-7-4-10-19-14/h2-7,10H,8-9H2,1H3,(H,16,18).